The maximum Gasteiger partial charge on any atom is 0.0902 e. The van der Waals surface area contributed by atoms with Crippen LogP contribution in [-0.2, 0) is 0 Å². The molecule has 168 valence electrons. The lowest BCUT2D eigenvalue weighted by Crippen LogP contribution is -1.88. The third-order valence-corrected chi connectivity index (χ3v) is 9.51. The molecule has 8 rings (SSSR count). The lowest BCUT2D eigenvalue weighted by Gasteiger charge is -2.09. The summed E-state index contributed by atoms with van der Waals surface area (Å²) in [5.74, 6) is 0. The lowest BCUT2D eigenvalue weighted by atomic mass is 9.98. The molecule has 0 unspecified atom stereocenters. The van der Waals surface area contributed by atoms with Gasteiger partial charge in [-0.05, 0) is 23.3 Å². The Hall–Kier alpha value is -4.05. The Morgan fingerprint density at radius 1 is 0.417 bits per heavy atom. The molecular weight excluding hydrogens is 475 g/mol. The number of benzene rings is 5. The first kappa shape index (κ1) is 20.2. The minimum absolute atomic E-state index is 1.05. The summed E-state index contributed by atoms with van der Waals surface area (Å²) in [4.78, 5) is 5.26. The molecule has 0 aliphatic heterocycles. The van der Waals surface area contributed by atoms with Crippen LogP contribution < -0.4 is 0 Å². The molecule has 0 fully saturated rings. The van der Waals surface area contributed by atoms with Gasteiger partial charge in [0.15, 0.2) is 0 Å². The molecule has 0 bridgehead atoms. The summed E-state index contributed by atoms with van der Waals surface area (Å²) in [6, 6.07) is 41.6. The number of rotatable bonds is 2. The Kier molecular flexibility index (Phi) is 4.33. The molecule has 0 atom stereocenters. The van der Waals surface area contributed by atoms with Crippen molar-refractivity contribution in [3.8, 4) is 22.4 Å². The zero-order valence-corrected chi connectivity index (χ0v) is 20.9. The van der Waals surface area contributed by atoms with Crippen molar-refractivity contribution >= 4 is 73.9 Å². The monoisotopic (exact) mass is 493 g/mol. The first-order chi connectivity index (χ1) is 17.8. The maximum absolute atomic E-state index is 5.26. The highest BCUT2D eigenvalue weighted by Gasteiger charge is 2.15. The predicted molar refractivity (Wildman–Crippen MR) is 158 cm³/mol. The summed E-state index contributed by atoms with van der Waals surface area (Å²) in [6.45, 7) is 0. The number of aromatic nitrogens is 1. The maximum atomic E-state index is 5.26. The van der Waals surface area contributed by atoms with Crippen molar-refractivity contribution < 1.29 is 0 Å². The summed E-state index contributed by atoms with van der Waals surface area (Å²) in [7, 11) is 0. The Morgan fingerprint density at radius 2 is 0.972 bits per heavy atom. The normalized spacial score (nSPS) is 11.9. The van der Waals surface area contributed by atoms with E-state index in [2.05, 4.69) is 115 Å². The fourth-order valence-corrected chi connectivity index (χ4v) is 7.81. The van der Waals surface area contributed by atoms with Gasteiger partial charge >= 0.3 is 0 Å². The third-order valence-electron chi connectivity index (χ3n) is 7.09. The molecule has 0 aliphatic carbocycles. The van der Waals surface area contributed by atoms with Gasteiger partial charge < -0.3 is 0 Å². The molecule has 3 heteroatoms. The zero-order valence-electron chi connectivity index (χ0n) is 19.2. The Morgan fingerprint density at radius 3 is 1.78 bits per heavy atom. The van der Waals surface area contributed by atoms with E-state index in [9.17, 15) is 0 Å². The Labute approximate surface area is 215 Å². The summed E-state index contributed by atoms with van der Waals surface area (Å²) < 4.78 is 5.24. The second kappa shape index (κ2) is 7.72. The van der Waals surface area contributed by atoms with Crippen LogP contribution in [0, 0.1) is 0 Å². The highest BCUT2D eigenvalue weighted by atomic mass is 32.1. The van der Waals surface area contributed by atoms with Gasteiger partial charge in [0.25, 0.3) is 0 Å². The largest absolute Gasteiger partial charge is 0.246 e. The molecule has 36 heavy (non-hydrogen) atoms. The molecule has 0 saturated heterocycles. The average Bonchev–Trinajstić information content (AvgIpc) is 3.51. The topological polar surface area (TPSA) is 12.9 Å². The standard InChI is InChI=1S/C33H19NS2/c1-2-10-26-24(9-1)30(34-31-27-11-4-6-15-29(27)36-33(26)31)21-18-16-20(17-19-21)22-12-7-13-25-23-8-3-5-14-28(23)35-32(22)25/h1-19H. The second-order valence-electron chi connectivity index (χ2n) is 9.14. The first-order valence-corrected chi connectivity index (χ1v) is 13.7. The number of nitrogens with zero attached hydrogens (tertiary/aromatic N) is 1. The van der Waals surface area contributed by atoms with E-state index in [0.29, 0.717) is 0 Å². The van der Waals surface area contributed by atoms with Crippen molar-refractivity contribution in [2.24, 2.45) is 0 Å². The molecule has 3 heterocycles. The molecule has 1 nitrogen and oxygen atoms in total. The van der Waals surface area contributed by atoms with E-state index >= 15 is 0 Å². The van der Waals surface area contributed by atoms with Gasteiger partial charge in [0.1, 0.15) is 0 Å². The molecule has 0 amide bonds. The quantitative estimate of drug-likeness (QED) is 0.233. The first-order valence-electron chi connectivity index (χ1n) is 12.1. The number of pyridine rings is 1. The van der Waals surface area contributed by atoms with Gasteiger partial charge in [-0.25, -0.2) is 4.98 Å². The lowest BCUT2D eigenvalue weighted by molar-refractivity contribution is 1.45. The summed E-state index contributed by atoms with van der Waals surface area (Å²) in [5.41, 5.74) is 5.83. The van der Waals surface area contributed by atoms with Gasteiger partial charge in [-0.3, -0.25) is 0 Å². The number of thiophene rings is 2. The molecular formula is C33H19NS2. The zero-order chi connectivity index (χ0) is 23.6. The van der Waals surface area contributed by atoms with Crippen LogP contribution in [0.15, 0.2) is 115 Å². The van der Waals surface area contributed by atoms with Crippen molar-refractivity contribution in [1.29, 1.82) is 0 Å². The predicted octanol–water partition coefficient (Wildman–Crippen LogP) is 10.3. The fraction of sp³-hybridized carbons (Fsp3) is 0. The number of hydrogen-bond donors (Lipinski definition) is 0. The Balaban J connectivity index is 1.33. The molecule has 5 aromatic carbocycles. The van der Waals surface area contributed by atoms with Crippen molar-refractivity contribution in [2.45, 2.75) is 0 Å². The van der Waals surface area contributed by atoms with Gasteiger partial charge in [-0.2, -0.15) is 0 Å². The summed E-state index contributed by atoms with van der Waals surface area (Å²) in [5, 5.41) is 6.38. The van der Waals surface area contributed by atoms with Gasteiger partial charge in [-0.15, -0.1) is 22.7 Å². The van der Waals surface area contributed by atoms with Crippen molar-refractivity contribution in [3.05, 3.63) is 115 Å². The van der Waals surface area contributed by atoms with Crippen LogP contribution in [0.25, 0.3) is 73.6 Å². The van der Waals surface area contributed by atoms with Crippen LogP contribution in [0.1, 0.15) is 0 Å². The smallest absolute Gasteiger partial charge is 0.0902 e. The highest BCUT2D eigenvalue weighted by Crippen LogP contribution is 2.42. The third kappa shape index (κ3) is 2.91. The minimum atomic E-state index is 1.05. The van der Waals surface area contributed by atoms with E-state index in [1.54, 1.807) is 0 Å². The van der Waals surface area contributed by atoms with Crippen molar-refractivity contribution in [1.82, 2.24) is 4.98 Å². The molecule has 0 N–H and O–H groups in total. The van der Waals surface area contributed by atoms with Gasteiger partial charge in [0.05, 0.1) is 15.9 Å². The minimum Gasteiger partial charge on any atom is -0.246 e. The van der Waals surface area contributed by atoms with Gasteiger partial charge in [0.2, 0.25) is 0 Å². The Bertz CT molecular complexity index is 2100. The number of hydrogen-bond acceptors (Lipinski definition) is 3. The number of fused-ring (bicyclic) bond motifs is 8. The van der Waals surface area contributed by atoms with Gasteiger partial charge in [0, 0.05) is 46.6 Å². The van der Waals surface area contributed by atoms with Crippen LogP contribution in [-0.4, -0.2) is 4.98 Å². The fourth-order valence-electron chi connectivity index (χ4n) is 5.39. The van der Waals surface area contributed by atoms with E-state index in [1.165, 1.54) is 56.9 Å². The van der Waals surface area contributed by atoms with E-state index in [4.69, 9.17) is 4.98 Å². The van der Waals surface area contributed by atoms with Crippen molar-refractivity contribution in [2.75, 3.05) is 0 Å². The average molecular weight is 494 g/mol. The van der Waals surface area contributed by atoms with Crippen LogP contribution >= 0.6 is 22.7 Å². The van der Waals surface area contributed by atoms with Crippen LogP contribution in [0.2, 0.25) is 0 Å². The second-order valence-corrected chi connectivity index (χ2v) is 11.2. The summed E-state index contributed by atoms with van der Waals surface area (Å²) >= 11 is 3.71. The van der Waals surface area contributed by atoms with E-state index < -0.39 is 0 Å². The molecule has 0 saturated carbocycles. The van der Waals surface area contributed by atoms with Crippen molar-refractivity contribution in [3.63, 3.8) is 0 Å². The SMILES string of the molecule is c1ccc2c(c1)sc1c(-c3ccc(-c4nc5c6ccccc6sc5c5ccccc45)cc3)cccc12. The van der Waals surface area contributed by atoms with Crippen LogP contribution in [0.5, 0.6) is 0 Å². The molecule has 3 aromatic heterocycles. The van der Waals surface area contributed by atoms with Crippen LogP contribution in [0.4, 0.5) is 0 Å². The van der Waals surface area contributed by atoms with Gasteiger partial charge in [-0.1, -0.05) is 103 Å². The molecule has 0 radical (unpaired) electrons. The highest BCUT2D eigenvalue weighted by molar-refractivity contribution is 7.27. The molecule has 0 spiro atoms. The van der Waals surface area contributed by atoms with E-state index in [1.807, 2.05) is 22.7 Å². The molecule has 8 aromatic rings. The van der Waals surface area contributed by atoms with E-state index in [-0.39, 0.29) is 0 Å². The van der Waals surface area contributed by atoms with Crippen LogP contribution in [0.3, 0.4) is 0 Å². The summed E-state index contributed by atoms with van der Waals surface area (Å²) in [6.07, 6.45) is 0. The molecule has 0 aliphatic rings. The van der Waals surface area contributed by atoms with E-state index in [0.717, 1.165) is 16.8 Å².